The average Bonchev–Trinajstić information content (AvgIpc) is 2.51. The number of nitrogens with one attached hydrogen (secondary N) is 1. The van der Waals surface area contributed by atoms with Crippen molar-refractivity contribution in [2.45, 2.75) is 32.8 Å². The third-order valence-electron chi connectivity index (χ3n) is 3.62. The summed E-state index contributed by atoms with van der Waals surface area (Å²) in [5, 5.41) is 0. The Labute approximate surface area is 149 Å². The van der Waals surface area contributed by atoms with E-state index in [1.807, 2.05) is 29.0 Å². The summed E-state index contributed by atoms with van der Waals surface area (Å²) in [6.07, 6.45) is 0.943. The molecule has 5 nitrogen and oxygen atoms in total. The minimum Gasteiger partial charge on any atom is -0.489 e. The molecule has 0 aliphatic heterocycles. The molecule has 0 aromatic heterocycles. The maximum atomic E-state index is 11.7. The fraction of sp³-hybridized carbons (Fsp3) is 0.316. The Kier molecular flexibility index (Phi) is 5.52. The molecule has 1 N–H and O–H groups in total. The van der Waals surface area contributed by atoms with E-state index in [9.17, 15) is 13.2 Å². The van der Waals surface area contributed by atoms with E-state index in [0.717, 1.165) is 17.6 Å². The Balaban J connectivity index is 1.97. The molecule has 0 bridgehead atoms. The first kappa shape index (κ1) is 19.0. The summed E-state index contributed by atoms with van der Waals surface area (Å²) in [5.74, 6) is 0.125. The topological polar surface area (TPSA) is 72.5 Å². The molecule has 0 spiro atoms. The third kappa shape index (κ3) is 5.90. The summed E-state index contributed by atoms with van der Waals surface area (Å²) in [4.78, 5) is 11.7. The van der Waals surface area contributed by atoms with Gasteiger partial charge >= 0.3 is 0 Å². The van der Waals surface area contributed by atoms with Crippen molar-refractivity contribution in [1.82, 2.24) is 4.72 Å². The zero-order valence-electron chi connectivity index (χ0n) is 14.9. The highest BCUT2D eigenvalue weighted by atomic mass is 32.2. The first-order valence-electron chi connectivity index (χ1n) is 7.89. The van der Waals surface area contributed by atoms with Gasteiger partial charge < -0.3 is 4.74 Å². The predicted octanol–water partition coefficient (Wildman–Crippen LogP) is 3.25. The van der Waals surface area contributed by atoms with Crippen LogP contribution >= 0.6 is 0 Å². The van der Waals surface area contributed by atoms with Crippen molar-refractivity contribution in [2.24, 2.45) is 0 Å². The van der Waals surface area contributed by atoms with E-state index >= 15 is 0 Å². The number of carbonyl (C=O) groups excluding carboxylic acids is 1. The normalized spacial score (nSPS) is 11.8. The van der Waals surface area contributed by atoms with Crippen LogP contribution in [0, 0.1) is 0 Å². The third-order valence-corrected chi connectivity index (χ3v) is 4.18. The van der Waals surface area contributed by atoms with E-state index in [4.69, 9.17) is 4.74 Å². The number of hydrogen-bond acceptors (Lipinski definition) is 4. The first-order chi connectivity index (χ1) is 11.5. The van der Waals surface area contributed by atoms with E-state index in [2.05, 4.69) is 20.8 Å². The molecule has 25 heavy (non-hydrogen) atoms. The lowest BCUT2D eigenvalue weighted by molar-refractivity contribution is 0.0981. The van der Waals surface area contributed by atoms with Crippen LogP contribution in [-0.4, -0.2) is 20.6 Å². The van der Waals surface area contributed by atoms with Gasteiger partial charge in [-0.25, -0.2) is 13.1 Å². The second-order valence-corrected chi connectivity index (χ2v) is 8.71. The van der Waals surface area contributed by atoms with E-state index < -0.39 is 15.9 Å². The van der Waals surface area contributed by atoms with Crippen molar-refractivity contribution < 1.29 is 17.9 Å². The molecule has 6 heteroatoms. The SMILES string of the molecule is CC(C)(C)c1ccc(OCc2ccc(C(=O)NS(C)(=O)=O)cc2)cc1. The number of benzene rings is 2. The van der Waals surface area contributed by atoms with Gasteiger partial charge in [0, 0.05) is 5.56 Å². The molecule has 1 amide bonds. The largest absolute Gasteiger partial charge is 0.489 e. The van der Waals surface area contributed by atoms with Crippen molar-refractivity contribution >= 4 is 15.9 Å². The zero-order valence-corrected chi connectivity index (χ0v) is 15.7. The van der Waals surface area contributed by atoms with Gasteiger partial charge in [-0.15, -0.1) is 0 Å². The molecule has 134 valence electrons. The van der Waals surface area contributed by atoms with Gasteiger partial charge in [0.25, 0.3) is 5.91 Å². The van der Waals surface area contributed by atoms with Crippen LogP contribution in [0.3, 0.4) is 0 Å². The van der Waals surface area contributed by atoms with Gasteiger partial charge in [-0.3, -0.25) is 4.79 Å². The van der Waals surface area contributed by atoms with Crippen LogP contribution in [0.1, 0.15) is 42.3 Å². The molecule has 0 saturated carbocycles. The second kappa shape index (κ2) is 7.27. The van der Waals surface area contributed by atoms with E-state index in [1.165, 1.54) is 5.56 Å². The second-order valence-electron chi connectivity index (χ2n) is 6.96. The quantitative estimate of drug-likeness (QED) is 0.887. The van der Waals surface area contributed by atoms with Crippen LogP contribution < -0.4 is 9.46 Å². The highest BCUT2D eigenvalue weighted by molar-refractivity contribution is 7.89. The molecule has 0 radical (unpaired) electrons. The van der Waals surface area contributed by atoms with E-state index in [1.54, 1.807) is 24.3 Å². The van der Waals surface area contributed by atoms with Crippen molar-refractivity contribution in [3.8, 4) is 5.75 Å². The highest BCUT2D eigenvalue weighted by Crippen LogP contribution is 2.24. The molecule has 2 rings (SSSR count). The number of sulfonamides is 1. The molecular weight excluding hydrogens is 338 g/mol. The van der Waals surface area contributed by atoms with Gasteiger partial charge in [0.1, 0.15) is 12.4 Å². The smallest absolute Gasteiger partial charge is 0.264 e. The molecule has 0 aliphatic rings. The minimum absolute atomic E-state index is 0.0981. The lowest BCUT2D eigenvalue weighted by Crippen LogP contribution is -2.29. The summed E-state index contributed by atoms with van der Waals surface area (Å²) in [5.41, 5.74) is 2.50. The molecule has 0 heterocycles. The molecule has 2 aromatic rings. The molecule has 0 fully saturated rings. The maximum absolute atomic E-state index is 11.7. The van der Waals surface area contributed by atoms with Crippen molar-refractivity contribution in [3.63, 3.8) is 0 Å². The summed E-state index contributed by atoms with van der Waals surface area (Å²) in [6.45, 7) is 6.84. The average molecular weight is 361 g/mol. The Hall–Kier alpha value is -2.34. The van der Waals surface area contributed by atoms with Crippen molar-refractivity contribution in [2.75, 3.05) is 6.26 Å². The zero-order chi connectivity index (χ0) is 18.7. The molecule has 0 atom stereocenters. The van der Waals surface area contributed by atoms with Crippen LogP contribution in [0.5, 0.6) is 5.75 Å². The predicted molar refractivity (Wildman–Crippen MR) is 98.2 cm³/mol. The fourth-order valence-corrected chi connectivity index (χ4v) is 2.65. The van der Waals surface area contributed by atoms with E-state index in [0.29, 0.717) is 6.61 Å². The van der Waals surface area contributed by atoms with Crippen molar-refractivity contribution in [3.05, 3.63) is 65.2 Å². The Morgan fingerprint density at radius 2 is 1.56 bits per heavy atom. The lowest BCUT2D eigenvalue weighted by atomic mass is 9.87. The van der Waals surface area contributed by atoms with Gasteiger partial charge in [0.15, 0.2) is 0 Å². The molecule has 0 saturated heterocycles. The Morgan fingerprint density at radius 1 is 1.00 bits per heavy atom. The minimum atomic E-state index is -3.57. The lowest BCUT2D eigenvalue weighted by Gasteiger charge is -2.19. The highest BCUT2D eigenvalue weighted by Gasteiger charge is 2.13. The van der Waals surface area contributed by atoms with Crippen LogP contribution in [-0.2, 0) is 22.0 Å². The summed E-state index contributed by atoms with van der Waals surface area (Å²) >= 11 is 0. The van der Waals surface area contributed by atoms with Gasteiger partial charge in [-0.1, -0.05) is 45.0 Å². The van der Waals surface area contributed by atoms with Gasteiger partial charge in [-0.2, -0.15) is 0 Å². The van der Waals surface area contributed by atoms with Crippen LogP contribution in [0.15, 0.2) is 48.5 Å². The molecule has 2 aromatic carbocycles. The maximum Gasteiger partial charge on any atom is 0.264 e. The monoisotopic (exact) mass is 361 g/mol. The number of hydrogen-bond donors (Lipinski definition) is 1. The van der Waals surface area contributed by atoms with Crippen LogP contribution in [0.2, 0.25) is 0 Å². The molecule has 0 unspecified atom stereocenters. The van der Waals surface area contributed by atoms with Gasteiger partial charge in [0.05, 0.1) is 6.26 Å². The molecule has 0 aliphatic carbocycles. The Morgan fingerprint density at radius 3 is 2.04 bits per heavy atom. The summed E-state index contributed by atoms with van der Waals surface area (Å²) in [6, 6.07) is 14.6. The van der Waals surface area contributed by atoms with Crippen molar-refractivity contribution in [1.29, 1.82) is 0 Å². The number of amides is 1. The van der Waals surface area contributed by atoms with Crippen LogP contribution in [0.4, 0.5) is 0 Å². The van der Waals surface area contributed by atoms with Crippen LogP contribution in [0.25, 0.3) is 0 Å². The molecular formula is C19H23NO4S. The first-order valence-corrected chi connectivity index (χ1v) is 9.78. The van der Waals surface area contributed by atoms with Gasteiger partial charge in [0.2, 0.25) is 10.0 Å². The van der Waals surface area contributed by atoms with E-state index in [-0.39, 0.29) is 11.0 Å². The Bertz CT molecular complexity index is 832. The van der Waals surface area contributed by atoms with Gasteiger partial charge in [-0.05, 0) is 40.8 Å². The summed E-state index contributed by atoms with van der Waals surface area (Å²) in [7, 11) is -3.57. The number of rotatable bonds is 5. The standard InChI is InChI=1S/C19H23NO4S/c1-19(2,3)16-9-11-17(12-10-16)24-13-14-5-7-15(8-6-14)18(21)20-25(4,22)23/h5-12H,13H2,1-4H3,(H,20,21). The summed E-state index contributed by atoms with van der Waals surface area (Å²) < 4.78 is 29.8. The fourth-order valence-electron chi connectivity index (χ4n) is 2.20. The number of carbonyl (C=O) groups is 1. The number of ether oxygens (including phenoxy) is 1.